The van der Waals surface area contributed by atoms with Gasteiger partial charge in [-0.15, -0.1) is 0 Å². The third-order valence-corrected chi connectivity index (χ3v) is 11.2. The first-order valence-electron chi connectivity index (χ1n) is 11.0. The molecule has 0 radical (unpaired) electrons. The molecule has 15 heteroatoms. The highest BCUT2D eigenvalue weighted by Crippen LogP contribution is 2.03. The van der Waals surface area contributed by atoms with Gasteiger partial charge in [0.25, 0.3) is 0 Å². The molecule has 1 aromatic heterocycles. The van der Waals surface area contributed by atoms with Crippen molar-refractivity contribution < 1.29 is 26.6 Å². The van der Waals surface area contributed by atoms with Crippen LogP contribution >= 0.6 is 0 Å². The zero-order chi connectivity index (χ0) is 24.8. The molecule has 0 N–H and O–H groups in total. The number of nitrogens with zero attached hydrogens (tertiary/aromatic N) is 3. The maximum absolute atomic E-state index is 13.0. The summed E-state index contributed by atoms with van der Waals surface area (Å²) in [6.07, 6.45) is 1.61. The van der Waals surface area contributed by atoms with E-state index in [4.69, 9.17) is 26.6 Å². The van der Waals surface area contributed by atoms with E-state index in [0.29, 0.717) is 37.4 Å². The Kier molecular flexibility index (Phi) is 14.9. The van der Waals surface area contributed by atoms with Crippen molar-refractivity contribution in [3.05, 3.63) is 31.5 Å². The van der Waals surface area contributed by atoms with Crippen LogP contribution in [-0.2, 0) is 46.2 Å². The van der Waals surface area contributed by atoms with E-state index < -0.39 is 44.9 Å². The molecule has 192 valence electrons. The summed E-state index contributed by atoms with van der Waals surface area (Å²) in [5.74, 6) is 0. The maximum Gasteiger partial charge on any atom is 0.336 e. The monoisotopic (exact) mass is 525 g/mol. The van der Waals surface area contributed by atoms with E-state index in [1.54, 1.807) is 42.7 Å². The molecule has 0 saturated heterocycles. The van der Waals surface area contributed by atoms with Gasteiger partial charge in [-0.05, 0) is 37.4 Å². The molecule has 0 saturated carbocycles. The predicted octanol–water partition coefficient (Wildman–Crippen LogP) is -1.12. The van der Waals surface area contributed by atoms with Crippen LogP contribution in [0.3, 0.4) is 0 Å². The Morgan fingerprint density at radius 1 is 0.485 bits per heavy atom. The molecule has 0 aliphatic rings. The van der Waals surface area contributed by atoms with Crippen molar-refractivity contribution in [2.75, 3.05) is 42.7 Å². The molecule has 0 aliphatic carbocycles. The molecular formula is C18H39N3O9Si3. The highest BCUT2D eigenvalue weighted by molar-refractivity contribution is 6.44. The van der Waals surface area contributed by atoms with Gasteiger partial charge in [0.15, 0.2) is 0 Å². The second kappa shape index (κ2) is 16.4. The zero-order valence-corrected chi connectivity index (χ0v) is 24.1. The normalized spacial score (nSPS) is 11.9. The van der Waals surface area contributed by atoms with Crippen LogP contribution in [0.2, 0.25) is 18.1 Å². The van der Waals surface area contributed by atoms with Crippen molar-refractivity contribution in [3.8, 4) is 0 Å². The molecule has 1 heterocycles. The molecule has 1 aromatic rings. The summed E-state index contributed by atoms with van der Waals surface area (Å²) in [4.78, 5) is 39.1. The van der Waals surface area contributed by atoms with Gasteiger partial charge in [-0.2, -0.15) is 0 Å². The van der Waals surface area contributed by atoms with E-state index >= 15 is 0 Å². The van der Waals surface area contributed by atoms with Gasteiger partial charge in [0.1, 0.15) is 0 Å². The largest absolute Gasteiger partial charge is 0.400 e. The highest BCUT2D eigenvalue weighted by atomic mass is 28.3. The number of rotatable bonds is 18. The minimum atomic E-state index is -1.81. The Morgan fingerprint density at radius 3 is 0.879 bits per heavy atom. The Hall–Kier alpha value is -1.18. The lowest BCUT2D eigenvalue weighted by molar-refractivity contribution is 0.274. The van der Waals surface area contributed by atoms with E-state index in [1.165, 1.54) is 0 Å². The van der Waals surface area contributed by atoms with Crippen molar-refractivity contribution in [1.29, 1.82) is 0 Å². The van der Waals surface area contributed by atoms with Crippen molar-refractivity contribution in [3.63, 3.8) is 0 Å². The van der Waals surface area contributed by atoms with E-state index in [9.17, 15) is 14.4 Å². The fourth-order valence-corrected chi connectivity index (χ4v) is 7.04. The van der Waals surface area contributed by atoms with Crippen LogP contribution in [0.1, 0.15) is 19.3 Å². The van der Waals surface area contributed by atoms with Crippen molar-refractivity contribution in [2.45, 2.75) is 57.0 Å². The Balaban J connectivity index is 3.17. The molecule has 12 nitrogen and oxygen atoms in total. The third kappa shape index (κ3) is 9.18. The molecule has 0 bridgehead atoms. The summed E-state index contributed by atoms with van der Waals surface area (Å²) < 4.78 is 35.3. The van der Waals surface area contributed by atoms with Crippen LogP contribution in [-0.4, -0.2) is 84.2 Å². The van der Waals surface area contributed by atoms with Gasteiger partial charge in [0, 0.05) is 62.3 Å². The van der Waals surface area contributed by atoms with Crippen LogP contribution in [0.25, 0.3) is 0 Å². The number of hydrogen-bond donors (Lipinski definition) is 0. The Morgan fingerprint density at radius 2 is 0.697 bits per heavy atom. The fraction of sp³-hybridized carbons (Fsp3) is 0.833. The molecule has 0 aliphatic heterocycles. The molecule has 33 heavy (non-hydrogen) atoms. The van der Waals surface area contributed by atoms with Crippen molar-refractivity contribution >= 4 is 27.9 Å². The second-order valence-corrected chi connectivity index (χ2v) is 14.6. The predicted molar refractivity (Wildman–Crippen MR) is 131 cm³/mol. The quantitative estimate of drug-likeness (QED) is 0.219. The first-order valence-corrected chi connectivity index (χ1v) is 16.3. The van der Waals surface area contributed by atoms with Gasteiger partial charge in [0.2, 0.25) is 0 Å². The van der Waals surface area contributed by atoms with E-state index in [-0.39, 0.29) is 19.6 Å². The minimum Gasteiger partial charge on any atom is -0.400 e. The molecular weight excluding hydrogens is 486 g/mol. The SMILES string of the molecule is CO[SiH](CCCn1c(=O)n(CCC[SiH](OC)OC)c(=O)n(CCC[SiH](OC)OC)c1=O)OC. The van der Waals surface area contributed by atoms with Crippen LogP contribution in [0.4, 0.5) is 0 Å². The van der Waals surface area contributed by atoms with Crippen LogP contribution in [0.15, 0.2) is 14.4 Å². The average molecular weight is 526 g/mol. The van der Waals surface area contributed by atoms with Crippen LogP contribution < -0.4 is 17.1 Å². The van der Waals surface area contributed by atoms with Crippen molar-refractivity contribution in [1.82, 2.24) is 13.7 Å². The first-order chi connectivity index (χ1) is 15.9. The summed E-state index contributed by atoms with van der Waals surface area (Å²) >= 11 is 0. The summed E-state index contributed by atoms with van der Waals surface area (Å²) in [7, 11) is 4.10. The third-order valence-electron chi connectivity index (χ3n) is 5.43. The summed E-state index contributed by atoms with van der Waals surface area (Å²) in [5, 5.41) is 0. The molecule has 0 fully saturated rings. The standard InChI is InChI=1S/C18H39N3O9Si3/c1-25-31(26-2)13-7-10-19-16(22)20(11-8-14-32(27-3)28-4)18(24)21(17(19)23)12-9-15-33(29-5)30-6/h31-33H,7-15H2,1-6H3. The van der Waals surface area contributed by atoms with Gasteiger partial charge < -0.3 is 26.6 Å². The van der Waals surface area contributed by atoms with Gasteiger partial charge in [-0.1, -0.05) is 0 Å². The topological polar surface area (TPSA) is 121 Å². The first kappa shape index (κ1) is 29.9. The highest BCUT2D eigenvalue weighted by Gasteiger charge is 2.18. The van der Waals surface area contributed by atoms with Gasteiger partial charge >= 0.3 is 44.9 Å². The lowest BCUT2D eigenvalue weighted by Gasteiger charge is -2.16. The van der Waals surface area contributed by atoms with E-state index in [0.717, 1.165) is 13.7 Å². The summed E-state index contributed by atoms with van der Waals surface area (Å²) in [6, 6.07) is 1.92. The fourth-order valence-electron chi connectivity index (χ4n) is 3.50. The smallest absolute Gasteiger partial charge is 0.336 e. The minimum absolute atomic E-state index is 0.190. The van der Waals surface area contributed by atoms with Crippen LogP contribution in [0.5, 0.6) is 0 Å². The molecule has 0 unspecified atom stereocenters. The Labute approximate surface area is 199 Å². The molecule has 0 amide bonds. The second-order valence-electron chi connectivity index (χ2n) is 7.43. The van der Waals surface area contributed by atoms with Gasteiger partial charge in [-0.3, -0.25) is 0 Å². The zero-order valence-electron chi connectivity index (χ0n) is 20.6. The van der Waals surface area contributed by atoms with Gasteiger partial charge in [-0.25, -0.2) is 28.1 Å². The molecule has 0 aromatic carbocycles. The lowest BCUT2D eigenvalue weighted by atomic mass is 10.4. The van der Waals surface area contributed by atoms with Crippen molar-refractivity contribution in [2.24, 2.45) is 0 Å². The summed E-state index contributed by atoms with van der Waals surface area (Å²) in [6.45, 7) is 0.569. The van der Waals surface area contributed by atoms with Gasteiger partial charge in [0.05, 0.1) is 0 Å². The average Bonchev–Trinajstić information content (AvgIpc) is 2.83. The number of aromatic nitrogens is 3. The molecule has 1 rings (SSSR count). The maximum atomic E-state index is 13.0. The van der Waals surface area contributed by atoms with Crippen LogP contribution in [0, 0.1) is 0 Å². The number of hydrogen-bond acceptors (Lipinski definition) is 9. The lowest BCUT2D eigenvalue weighted by Crippen LogP contribution is -2.54. The molecule has 0 spiro atoms. The van der Waals surface area contributed by atoms with E-state index in [2.05, 4.69) is 0 Å². The Bertz CT molecular complexity index is 709. The van der Waals surface area contributed by atoms with E-state index in [1.807, 2.05) is 0 Å². The summed E-state index contributed by atoms with van der Waals surface area (Å²) in [5.41, 5.74) is -1.78. The molecule has 0 atom stereocenters.